The van der Waals surface area contributed by atoms with Crippen molar-refractivity contribution in [2.45, 2.75) is 74.7 Å². The van der Waals surface area contributed by atoms with Crippen LogP contribution in [0.15, 0.2) is 58.8 Å². The summed E-state index contributed by atoms with van der Waals surface area (Å²) >= 11 is 1.44. The number of carbonyl (C=O) groups is 1. The van der Waals surface area contributed by atoms with E-state index < -0.39 is 11.3 Å². The summed E-state index contributed by atoms with van der Waals surface area (Å²) in [5.74, 6) is 0.184. The molecule has 3 aromatic heterocycles. The summed E-state index contributed by atoms with van der Waals surface area (Å²) in [4.78, 5) is 23.0. The Morgan fingerprint density at radius 1 is 0.846 bits per heavy atom. The second-order valence-electron chi connectivity index (χ2n) is 14.3. The van der Waals surface area contributed by atoms with Crippen molar-refractivity contribution in [3.05, 3.63) is 104 Å². The summed E-state index contributed by atoms with van der Waals surface area (Å²) < 4.78 is 2.54. The van der Waals surface area contributed by atoms with Crippen molar-refractivity contribution in [1.29, 1.82) is 5.26 Å². The maximum Gasteiger partial charge on any atom is 0.252 e. The lowest BCUT2D eigenvalue weighted by atomic mass is 9.90. The number of nitrogens with one attached hydrogen (secondary N) is 2. The maximum atomic E-state index is 13.2. The first kappa shape index (κ1) is 35.9. The number of aromatic nitrogens is 4. The van der Waals surface area contributed by atoms with E-state index in [0.29, 0.717) is 22.2 Å². The van der Waals surface area contributed by atoms with Crippen molar-refractivity contribution in [3.63, 3.8) is 0 Å². The number of aryl methyl sites for hydroxylation is 6. The van der Waals surface area contributed by atoms with Crippen LogP contribution in [0.2, 0.25) is 0 Å². The lowest BCUT2D eigenvalue weighted by Crippen LogP contribution is -2.17. The number of thiazole rings is 1. The van der Waals surface area contributed by atoms with Crippen LogP contribution in [0.4, 0.5) is 34.5 Å². The molecule has 0 fully saturated rings. The lowest BCUT2D eigenvalue weighted by Gasteiger charge is -2.20. The number of pyridine rings is 1. The first-order valence-corrected chi connectivity index (χ1v) is 17.7. The zero-order chi connectivity index (χ0) is 37.6. The minimum Gasteiger partial charge on any atom is -0.365 e. The van der Waals surface area contributed by atoms with Crippen LogP contribution in [0, 0.1) is 59.8 Å². The maximum absolute atomic E-state index is 13.2. The van der Waals surface area contributed by atoms with Crippen molar-refractivity contribution in [1.82, 2.24) is 19.7 Å². The molecule has 0 atom stereocenters. The Bertz CT molecular complexity index is 2400. The SMILES string of the molecule is Cc1cc(C)c(Nc2nc(Nc3c(C)cc(C)cc3C)c(C(N)=O)c(C)c2N=Nc2c(C#N)c(C(C)(C)C)nn2-c2nc3ccccc3s2)c(C)c1. The molecule has 6 aromatic rings. The molecule has 3 aromatic carbocycles. The molecule has 3 heterocycles. The number of para-hydroxylation sites is 1. The highest BCUT2D eigenvalue weighted by molar-refractivity contribution is 7.20. The van der Waals surface area contributed by atoms with Gasteiger partial charge in [-0.25, -0.2) is 9.97 Å². The number of nitrogens with zero attached hydrogens (tertiary/aromatic N) is 7. The van der Waals surface area contributed by atoms with Crippen LogP contribution in [-0.4, -0.2) is 25.7 Å². The number of hydrogen-bond acceptors (Lipinski definition) is 10. The number of carbonyl (C=O) groups excluding carboxylic acids is 1. The second kappa shape index (κ2) is 13.7. The van der Waals surface area contributed by atoms with Crippen molar-refractivity contribution < 1.29 is 4.79 Å². The van der Waals surface area contributed by atoms with E-state index in [0.717, 1.165) is 55.0 Å². The number of rotatable bonds is 8. The van der Waals surface area contributed by atoms with Crippen molar-refractivity contribution >= 4 is 62.0 Å². The van der Waals surface area contributed by atoms with E-state index in [1.807, 2.05) is 79.7 Å². The molecule has 0 saturated heterocycles. The van der Waals surface area contributed by atoms with Gasteiger partial charge in [0.1, 0.15) is 23.1 Å². The van der Waals surface area contributed by atoms with Gasteiger partial charge in [-0.05, 0) is 88.4 Å². The van der Waals surface area contributed by atoms with E-state index in [4.69, 9.17) is 31.0 Å². The van der Waals surface area contributed by atoms with E-state index in [2.05, 4.69) is 47.9 Å². The van der Waals surface area contributed by atoms with Crippen LogP contribution >= 0.6 is 11.3 Å². The molecule has 0 bridgehead atoms. The van der Waals surface area contributed by atoms with E-state index in [1.165, 1.54) is 11.3 Å². The van der Waals surface area contributed by atoms with Gasteiger partial charge in [-0.15, -0.1) is 10.2 Å². The molecule has 0 aliphatic rings. The number of hydrogen-bond donors (Lipinski definition) is 3. The molecule has 0 radical (unpaired) electrons. The van der Waals surface area contributed by atoms with Gasteiger partial charge in [0.15, 0.2) is 11.6 Å². The molecule has 11 nitrogen and oxygen atoms in total. The van der Waals surface area contributed by atoms with E-state index in [9.17, 15) is 10.1 Å². The topological polar surface area (TPSA) is 159 Å². The molecule has 0 aliphatic heterocycles. The molecule has 1 amide bonds. The van der Waals surface area contributed by atoms with E-state index in [1.54, 1.807) is 11.6 Å². The van der Waals surface area contributed by atoms with Crippen LogP contribution in [0.1, 0.15) is 81.3 Å². The number of primary amides is 1. The molecule has 264 valence electrons. The zero-order valence-electron chi connectivity index (χ0n) is 31.1. The number of fused-ring (bicyclic) bond motifs is 1. The van der Waals surface area contributed by atoms with Crippen LogP contribution in [-0.2, 0) is 5.41 Å². The molecular formula is C40H42N10OS. The summed E-state index contributed by atoms with van der Waals surface area (Å²) in [5, 5.41) is 32.3. The summed E-state index contributed by atoms with van der Waals surface area (Å²) in [5.41, 5.74) is 16.1. The summed E-state index contributed by atoms with van der Waals surface area (Å²) in [6, 6.07) is 18.4. The average Bonchev–Trinajstić information content (AvgIpc) is 3.65. The van der Waals surface area contributed by atoms with Gasteiger partial charge in [0.25, 0.3) is 5.91 Å². The predicted octanol–water partition coefficient (Wildman–Crippen LogP) is 10.2. The molecule has 4 N–H and O–H groups in total. The fourth-order valence-corrected chi connectivity index (χ4v) is 7.52. The average molecular weight is 711 g/mol. The Balaban J connectivity index is 1.60. The molecule has 0 saturated carbocycles. The Hall–Kier alpha value is -5.93. The van der Waals surface area contributed by atoms with E-state index >= 15 is 0 Å². The smallest absolute Gasteiger partial charge is 0.252 e. The Morgan fingerprint density at radius 2 is 1.40 bits per heavy atom. The minimum atomic E-state index is -0.673. The van der Waals surface area contributed by atoms with Gasteiger partial charge < -0.3 is 16.4 Å². The second-order valence-corrected chi connectivity index (χ2v) is 15.3. The molecule has 0 unspecified atom stereocenters. The molecule has 0 aliphatic carbocycles. The standard InChI is InChI=1S/C40H42N10OS/c1-20-15-22(3)31(23(4)16-20)44-36-30(35(42)51)26(7)33(37(46-36)45-32-24(5)17-21(2)18-25(32)6)47-48-38-27(19-41)34(40(8,9)10)49-50(38)39-43-28-13-11-12-14-29(28)52-39/h11-18H,1-10H3,(H2,42,51)(H2,44,45,46). The van der Waals surface area contributed by atoms with Crippen LogP contribution in [0.25, 0.3) is 15.3 Å². The number of benzene rings is 3. The predicted molar refractivity (Wildman–Crippen MR) is 210 cm³/mol. The largest absolute Gasteiger partial charge is 0.365 e. The zero-order valence-corrected chi connectivity index (χ0v) is 32.0. The van der Waals surface area contributed by atoms with Crippen molar-refractivity contribution in [3.8, 4) is 11.2 Å². The minimum absolute atomic E-state index is 0.173. The first-order valence-electron chi connectivity index (χ1n) is 16.9. The Morgan fingerprint density at radius 3 is 1.92 bits per heavy atom. The van der Waals surface area contributed by atoms with E-state index in [-0.39, 0.29) is 28.5 Å². The normalized spacial score (nSPS) is 11.7. The highest BCUT2D eigenvalue weighted by Gasteiger charge is 2.30. The molecular weight excluding hydrogens is 669 g/mol. The summed E-state index contributed by atoms with van der Waals surface area (Å²) in [6.07, 6.45) is 0. The molecule has 0 spiro atoms. The van der Waals surface area contributed by atoms with Gasteiger partial charge in [-0.1, -0.05) is 79.6 Å². The quantitative estimate of drug-likeness (QED) is 0.133. The Labute approximate surface area is 307 Å². The fourth-order valence-electron chi connectivity index (χ4n) is 6.60. The van der Waals surface area contributed by atoms with Crippen LogP contribution in [0.5, 0.6) is 0 Å². The molecule has 6 rings (SSSR count). The van der Waals surface area contributed by atoms with Crippen molar-refractivity contribution in [2.75, 3.05) is 10.6 Å². The third-order valence-corrected chi connectivity index (χ3v) is 9.91. The number of nitrogens with two attached hydrogens (primary N) is 1. The number of nitriles is 1. The highest BCUT2D eigenvalue weighted by atomic mass is 32.1. The number of amides is 1. The number of azo groups is 1. The van der Waals surface area contributed by atoms with Gasteiger partial charge in [0.2, 0.25) is 5.13 Å². The molecule has 52 heavy (non-hydrogen) atoms. The van der Waals surface area contributed by atoms with Gasteiger partial charge >= 0.3 is 0 Å². The Kier molecular flexibility index (Phi) is 9.42. The van der Waals surface area contributed by atoms with Gasteiger partial charge in [0.05, 0.1) is 21.5 Å². The van der Waals surface area contributed by atoms with Crippen LogP contribution in [0.3, 0.4) is 0 Å². The van der Waals surface area contributed by atoms with Gasteiger partial charge in [0, 0.05) is 16.8 Å². The fraction of sp³-hybridized carbons (Fsp3) is 0.275. The summed E-state index contributed by atoms with van der Waals surface area (Å²) in [7, 11) is 0. The van der Waals surface area contributed by atoms with Gasteiger partial charge in [-0.2, -0.15) is 15.0 Å². The summed E-state index contributed by atoms with van der Waals surface area (Å²) in [6.45, 7) is 19.9. The lowest BCUT2D eigenvalue weighted by molar-refractivity contribution is 0.100. The third kappa shape index (κ3) is 6.75. The monoisotopic (exact) mass is 710 g/mol. The van der Waals surface area contributed by atoms with Crippen LogP contribution < -0.4 is 16.4 Å². The highest BCUT2D eigenvalue weighted by Crippen LogP contribution is 2.41. The molecule has 12 heteroatoms. The van der Waals surface area contributed by atoms with Crippen molar-refractivity contribution in [2.24, 2.45) is 16.0 Å². The number of anilines is 4. The third-order valence-electron chi connectivity index (χ3n) is 8.89. The first-order chi connectivity index (χ1) is 24.6. The van der Waals surface area contributed by atoms with Gasteiger partial charge in [-0.3, -0.25) is 4.79 Å².